The number of nitriles is 1. The van der Waals surface area contributed by atoms with Gasteiger partial charge in [0.05, 0.1) is 16.1 Å². The SMILES string of the molecule is N#Cc1ccc([N+](=O)[O-])c(CBr)c1S(=O)(=O)Cl. The van der Waals surface area contributed by atoms with Gasteiger partial charge in [-0.05, 0) is 6.07 Å². The molecule has 0 radical (unpaired) electrons. The number of nitro groups is 1. The first-order valence-corrected chi connectivity index (χ1v) is 7.47. The third-order valence-corrected chi connectivity index (χ3v) is 3.91. The highest BCUT2D eigenvalue weighted by atomic mass is 79.9. The number of hydrogen-bond acceptors (Lipinski definition) is 5. The predicted octanol–water partition coefficient (Wildman–Crippen LogP) is 2.29. The van der Waals surface area contributed by atoms with Crippen LogP contribution in [0, 0.1) is 21.4 Å². The molecule has 90 valence electrons. The lowest BCUT2D eigenvalue weighted by molar-refractivity contribution is -0.385. The summed E-state index contributed by atoms with van der Waals surface area (Å²) in [6, 6.07) is 3.76. The maximum atomic E-state index is 11.3. The summed E-state index contributed by atoms with van der Waals surface area (Å²) in [5.41, 5.74) is -0.760. The highest BCUT2D eigenvalue weighted by Gasteiger charge is 2.27. The van der Waals surface area contributed by atoms with Gasteiger partial charge in [0.1, 0.15) is 11.0 Å². The molecule has 0 bridgehead atoms. The third kappa shape index (κ3) is 2.74. The minimum Gasteiger partial charge on any atom is -0.258 e. The average Bonchev–Trinajstić information content (AvgIpc) is 2.25. The first kappa shape index (κ1) is 13.9. The Bertz CT molecular complexity index is 623. The number of hydrogen-bond donors (Lipinski definition) is 0. The van der Waals surface area contributed by atoms with E-state index in [1.807, 2.05) is 0 Å². The number of rotatable bonds is 3. The van der Waals surface area contributed by atoms with E-state index in [1.165, 1.54) is 0 Å². The highest BCUT2D eigenvalue weighted by molar-refractivity contribution is 9.08. The first-order valence-electron chi connectivity index (χ1n) is 4.04. The predicted molar refractivity (Wildman–Crippen MR) is 63.5 cm³/mol. The van der Waals surface area contributed by atoms with Crippen molar-refractivity contribution in [3.05, 3.63) is 33.4 Å². The Morgan fingerprint density at radius 1 is 1.53 bits per heavy atom. The standard InChI is InChI=1S/C8H4BrClN2O4S/c9-3-6-7(12(13)14)2-1-5(4-11)8(6)17(10,15)16/h1-2H,3H2. The summed E-state index contributed by atoms with van der Waals surface area (Å²) < 4.78 is 22.7. The van der Waals surface area contributed by atoms with Crippen molar-refractivity contribution in [3.63, 3.8) is 0 Å². The summed E-state index contributed by atoms with van der Waals surface area (Å²) in [4.78, 5) is 9.47. The van der Waals surface area contributed by atoms with E-state index in [4.69, 9.17) is 15.9 Å². The van der Waals surface area contributed by atoms with Crippen LogP contribution in [0.2, 0.25) is 0 Å². The van der Waals surface area contributed by atoms with Crippen molar-refractivity contribution in [1.82, 2.24) is 0 Å². The molecule has 0 atom stereocenters. The van der Waals surface area contributed by atoms with Crippen molar-refractivity contribution < 1.29 is 13.3 Å². The Balaban J connectivity index is 3.82. The zero-order chi connectivity index (χ0) is 13.2. The quantitative estimate of drug-likeness (QED) is 0.364. The van der Waals surface area contributed by atoms with Crippen LogP contribution >= 0.6 is 26.6 Å². The van der Waals surface area contributed by atoms with E-state index < -0.39 is 24.6 Å². The fraction of sp³-hybridized carbons (Fsp3) is 0.125. The van der Waals surface area contributed by atoms with Crippen LogP contribution in [-0.2, 0) is 14.4 Å². The van der Waals surface area contributed by atoms with Crippen LogP contribution in [0.5, 0.6) is 0 Å². The number of alkyl halides is 1. The Morgan fingerprint density at radius 3 is 2.47 bits per heavy atom. The summed E-state index contributed by atoms with van der Waals surface area (Å²) in [6.07, 6.45) is 0. The van der Waals surface area contributed by atoms with Crippen LogP contribution in [0.15, 0.2) is 17.0 Å². The lowest BCUT2D eigenvalue weighted by Crippen LogP contribution is -2.04. The Labute approximate surface area is 110 Å². The molecule has 6 nitrogen and oxygen atoms in total. The summed E-state index contributed by atoms with van der Waals surface area (Å²) in [5, 5.41) is 19.4. The fourth-order valence-corrected chi connectivity index (χ4v) is 3.41. The molecule has 0 amide bonds. The summed E-state index contributed by atoms with van der Waals surface area (Å²) in [5.74, 6) is 0. The molecule has 1 aromatic carbocycles. The molecule has 0 aromatic heterocycles. The molecule has 0 saturated heterocycles. The second-order valence-corrected chi connectivity index (χ2v) is 5.94. The zero-order valence-electron chi connectivity index (χ0n) is 8.05. The molecule has 0 aliphatic rings. The van der Waals surface area contributed by atoms with E-state index in [-0.39, 0.29) is 16.5 Å². The molecule has 0 unspecified atom stereocenters. The molecule has 9 heteroatoms. The molecule has 0 fully saturated rings. The summed E-state index contributed by atoms with van der Waals surface area (Å²) in [7, 11) is 0.952. The van der Waals surface area contributed by atoms with E-state index in [9.17, 15) is 18.5 Å². The smallest absolute Gasteiger partial charge is 0.258 e. The van der Waals surface area contributed by atoms with Crippen molar-refractivity contribution >= 4 is 41.4 Å². The van der Waals surface area contributed by atoms with Gasteiger partial charge in [-0.1, -0.05) is 15.9 Å². The second-order valence-electron chi connectivity index (χ2n) is 2.88. The fourth-order valence-electron chi connectivity index (χ4n) is 1.28. The van der Waals surface area contributed by atoms with Crippen molar-refractivity contribution in [2.45, 2.75) is 10.2 Å². The van der Waals surface area contributed by atoms with Gasteiger partial charge < -0.3 is 0 Å². The van der Waals surface area contributed by atoms with Gasteiger partial charge in [-0.3, -0.25) is 10.1 Å². The van der Waals surface area contributed by atoms with Crippen LogP contribution in [0.1, 0.15) is 11.1 Å². The number of nitrogens with zero attached hydrogens (tertiary/aromatic N) is 2. The van der Waals surface area contributed by atoms with E-state index >= 15 is 0 Å². The molecular weight excluding hydrogens is 336 g/mol. The van der Waals surface area contributed by atoms with Crippen LogP contribution in [0.4, 0.5) is 5.69 Å². The Kier molecular flexibility index (Phi) is 4.08. The highest BCUT2D eigenvalue weighted by Crippen LogP contribution is 2.32. The van der Waals surface area contributed by atoms with Gasteiger partial charge in [-0.15, -0.1) is 0 Å². The number of halogens is 2. The van der Waals surface area contributed by atoms with Gasteiger partial charge in [0.25, 0.3) is 14.7 Å². The minimum absolute atomic E-state index is 0.0971. The van der Waals surface area contributed by atoms with Crippen molar-refractivity contribution in [2.75, 3.05) is 0 Å². The normalized spacial score (nSPS) is 10.9. The van der Waals surface area contributed by atoms with E-state index in [1.54, 1.807) is 6.07 Å². The van der Waals surface area contributed by atoms with Crippen LogP contribution in [0.25, 0.3) is 0 Å². The Hall–Kier alpha value is -1.17. The van der Waals surface area contributed by atoms with Crippen molar-refractivity contribution in [2.24, 2.45) is 0 Å². The van der Waals surface area contributed by atoms with Gasteiger partial charge in [-0.2, -0.15) is 5.26 Å². The van der Waals surface area contributed by atoms with Crippen LogP contribution in [0.3, 0.4) is 0 Å². The number of nitro benzene ring substituents is 1. The van der Waals surface area contributed by atoms with Gasteiger partial charge in [-0.25, -0.2) is 8.42 Å². The maximum Gasteiger partial charge on any atom is 0.274 e. The van der Waals surface area contributed by atoms with Gasteiger partial charge in [0.2, 0.25) is 0 Å². The van der Waals surface area contributed by atoms with Crippen LogP contribution in [-0.4, -0.2) is 13.3 Å². The molecule has 0 spiro atoms. The summed E-state index contributed by atoms with van der Waals surface area (Å²) in [6.45, 7) is 0. The lowest BCUT2D eigenvalue weighted by atomic mass is 10.1. The molecule has 1 rings (SSSR count). The van der Waals surface area contributed by atoms with Crippen molar-refractivity contribution in [1.29, 1.82) is 5.26 Å². The lowest BCUT2D eigenvalue weighted by Gasteiger charge is -2.06. The molecule has 0 saturated carbocycles. The van der Waals surface area contributed by atoms with E-state index in [0.29, 0.717) is 0 Å². The third-order valence-electron chi connectivity index (χ3n) is 1.93. The van der Waals surface area contributed by atoms with Gasteiger partial charge >= 0.3 is 0 Å². The Morgan fingerprint density at radius 2 is 2.12 bits per heavy atom. The first-order chi connectivity index (χ1) is 7.82. The molecule has 1 aromatic rings. The summed E-state index contributed by atoms with van der Waals surface area (Å²) >= 11 is 2.95. The van der Waals surface area contributed by atoms with Gasteiger partial charge in [0, 0.05) is 22.1 Å². The van der Waals surface area contributed by atoms with Crippen LogP contribution < -0.4 is 0 Å². The topological polar surface area (TPSA) is 101 Å². The molecule has 17 heavy (non-hydrogen) atoms. The molecule has 0 N–H and O–H groups in total. The van der Waals surface area contributed by atoms with Crippen molar-refractivity contribution in [3.8, 4) is 6.07 Å². The molecule has 0 heterocycles. The molecular formula is C8H4BrClN2O4S. The van der Waals surface area contributed by atoms with E-state index in [0.717, 1.165) is 12.1 Å². The van der Waals surface area contributed by atoms with Gasteiger partial charge in [0.15, 0.2) is 0 Å². The maximum absolute atomic E-state index is 11.3. The number of benzene rings is 1. The average molecular weight is 340 g/mol. The zero-order valence-corrected chi connectivity index (χ0v) is 11.2. The molecule has 0 aliphatic heterocycles. The van der Waals surface area contributed by atoms with E-state index in [2.05, 4.69) is 15.9 Å². The molecule has 0 aliphatic carbocycles. The monoisotopic (exact) mass is 338 g/mol. The minimum atomic E-state index is -4.23. The second kappa shape index (κ2) is 5.00. The largest absolute Gasteiger partial charge is 0.274 e.